The number of urea groups is 1. The SMILES string of the molecule is CC(NC(=O)OC(C)(C)C)C(=O)OCN1C(=O)NC(=Cc2cnn3c(NC4CC4)cc(Nc4ccc(C#N)cc4F)nc23)C1=O. The van der Waals surface area contributed by atoms with Crippen molar-refractivity contribution in [2.24, 2.45) is 0 Å². The van der Waals surface area contributed by atoms with Crippen LogP contribution in [-0.4, -0.2) is 67.9 Å². The van der Waals surface area contributed by atoms with E-state index in [1.165, 1.54) is 35.8 Å². The second-order valence-corrected chi connectivity index (χ2v) is 11.4. The highest BCUT2D eigenvalue weighted by molar-refractivity contribution is 6.14. The molecule has 0 spiro atoms. The van der Waals surface area contributed by atoms with Gasteiger partial charge in [-0.2, -0.15) is 14.9 Å². The first-order valence-electron chi connectivity index (χ1n) is 13.9. The Morgan fingerprint density at radius 3 is 2.69 bits per heavy atom. The van der Waals surface area contributed by atoms with Crippen molar-refractivity contribution in [2.75, 3.05) is 17.4 Å². The van der Waals surface area contributed by atoms with E-state index in [1.54, 1.807) is 26.8 Å². The molecule has 1 saturated heterocycles. The normalized spacial score (nSPS) is 16.3. The zero-order valence-corrected chi connectivity index (χ0v) is 24.8. The van der Waals surface area contributed by atoms with E-state index in [1.807, 2.05) is 6.07 Å². The highest BCUT2D eigenvalue weighted by atomic mass is 19.1. The molecule has 16 heteroatoms. The van der Waals surface area contributed by atoms with Crippen LogP contribution < -0.4 is 21.3 Å². The number of hydrogen-bond donors (Lipinski definition) is 4. The first-order valence-corrected chi connectivity index (χ1v) is 13.9. The van der Waals surface area contributed by atoms with Crippen LogP contribution in [0, 0.1) is 17.1 Å². The number of alkyl carbamates (subject to hydrolysis) is 1. The molecule has 3 aromatic rings. The van der Waals surface area contributed by atoms with E-state index in [4.69, 9.17) is 14.7 Å². The third-order valence-corrected chi connectivity index (χ3v) is 6.47. The number of anilines is 3. The fourth-order valence-electron chi connectivity index (χ4n) is 4.15. The average molecular weight is 620 g/mol. The van der Waals surface area contributed by atoms with Crippen LogP contribution in [0.2, 0.25) is 0 Å². The molecule has 1 aromatic carbocycles. The molecule has 234 valence electrons. The van der Waals surface area contributed by atoms with Crippen LogP contribution >= 0.6 is 0 Å². The number of fused-ring (bicyclic) bond motifs is 1. The van der Waals surface area contributed by atoms with Gasteiger partial charge >= 0.3 is 18.1 Å². The van der Waals surface area contributed by atoms with Crippen LogP contribution in [-0.2, 0) is 19.1 Å². The van der Waals surface area contributed by atoms with E-state index in [-0.39, 0.29) is 28.8 Å². The number of aromatic nitrogens is 3. The Kier molecular flexibility index (Phi) is 8.27. The molecule has 45 heavy (non-hydrogen) atoms. The number of imide groups is 1. The Bertz CT molecular complexity index is 1770. The highest BCUT2D eigenvalue weighted by Crippen LogP contribution is 2.29. The maximum Gasteiger partial charge on any atom is 0.408 e. The lowest BCUT2D eigenvalue weighted by atomic mass is 10.2. The molecule has 1 aliphatic heterocycles. The van der Waals surface area contributed by atoms with Crippen LogP contribution in [0.3, 0.4) is 0 Å². The van der Waals surface area contributed by atoms with Gasteiger partial charge in [0.1, 0.15) is 34.8 Å². The van der Waals surface area contributed by atoms with E-state index >= 15 is 0 Å². The average Bonchev–Trinajstić information content (AvgIpc) is 3.63. The fourth-order valence-corrected chi connectivity index (χ4v) is 4.15. The summed E-state index contributed by atoms with van der Waals surface area (Å²) in [6.07, 6.45) is 3.92. The van der Waals surface area contributed by atoms with Crippen molar-refractivity contribution in [1.29, 1.82) is 5.26 Å². The third-order valence-electron chi connectivity index (χ3n) is 6.47. The summed E-state index contributed by atoms with van der Waals surface area (Å²) in [6, 6.07) is 5.83. The number of hydrogen-bond acceptors (Lipinski definition) is 11. The van der Waals surface area contributed by atoms with E-state index in [2.05, 4.69) is 31.3 Å². The Morgan fingerprint density at radius 1 is 1.27 bits per heavy atom. The Morgan fingerprint density at radius 2 is 2.02 bits per heavy atom. The molecule has 3 heterocycles. The second-order valence-electron chi connectivity index (χ2n) is 11.4. The molecule has 15 nitrogen and oxygen atoms in total. The van der Waals surface area contributed by atoms with Gasteiger partial charge in [0.25, 0.3) is 5.91 Å². The van der Waals surface area contributed by atoms with Crippen LogP contribution in [0.5, 0.6) is 0 Å². The summed E-state index contributed by atoms with van der Waals surface area (Å²) in [7, 11) is 0. The molecule has 1 saturated carbocycles. The van der Waals surface area contributed by atoms with E-state index in [9.17, 15) is 23.6 Å². The van der Waals surface area contributed by atoms with Crippen molar-refractivity contribution in [3.05, 3.63) is 53.1 Å². The van der Waals surface area contributed by atoms with Crippen molar-refractivity contribution >= 4 is 53.0 Å². The molecule has 4 N–H and O–H groups in total. The summed E-state index contributed by atoms with van der Waals surface area (Å²) < 4.78 is 26.3. The van der Waals surface area contributed by atoms with Crippen LogP contribution in [0.1, 0.15) is 51.7 Å². The molecule has 0 radical (unpaired) electrons. The standard InChI is InChI=1S/C29H30FN9O6/c1-15(33-28(43)45-29(2,3)4)26(41)44-14-38-25(40)21(36-27(38)42)10-17-13-32-39-23(34-18-6-7-18)11-22(37-24(17)39)35-20-8-5-16(12-31)9-19(20)30/h5,8-11,13,15,18,34H,6-7,14H2,1-4H3,(H,33,43)(H,35,37)(H,36,42). The van der Waals surface area contributed by atoms with Gasteiger partial charge in [-0.25, -0.2) is 28.7 Å². The fraction of sp³-hybridized carbons (Fsp3) is 0.345. The Balaban J connectivity index is 1.33. The predicted octanol–water partition coefficient (Wildman–Crippen LogP) is 3.36. The lowest BCUT2D eigenvalue weighted by Gasteiger charge is -2.21. The number of rotatable bonds is 9. The number of nitrogens with one attached hydrogen (secondary N) is 4. The summed E-state index contributed by atoms with van der Waals surface area (Å²) in [5, 5.41) is 24.4. The van der Waals surface area contributed by atoms with E-state index in [0.29, 0.717) is 21.9 Å². The summed E-state index contributed by atoms with van der Waals surface area (Å²) in [4.78, 5) is 55.2. The monoisotopic (exact) mass is 619 g/mol. The van der Waals surface area contributed by atoms with Gasteiger partial charge in [0.2, 0.25) is 0 Å². The van der Waals surface area contributed by atoms with Gasteiger partial charge in [-0.3, -0.25) is 4.79 Å². The number of carbonyl (C=O) groups is 4. The molecule has 1 unspecified atom stereocenters. The first kappa shape index (κ1) is 30.7. The number of carbonyl (C=O) groups excluding carboxylic acids is 4. The number of esters is 1. The molecule has 2 aliphatic rings. The minimum absolute atomic E-state index is 0.0988. The summed E-state index contributed by atoms with van der Waals surface area (Å²) in [5.74, 6) is -1.48. The van der Waals surface area contributed by atoms with Crippen molar-refractivity contribution in [2.45, 2.75) is 58.2 Å². The van der Waals surface area contributed by atoms with Gasteiger partial charge in [0.05, 0.1) is 23.5 Å². The zero-order valence-electron chi connectivity index (χ0n) is 24.8. The topological polar surface area (TPSA) is 192 Å². The van der Waals surface area contributed by atoms with E-state index in [0.717, 1.165) is 18.9 Å². The maximum absolute atomic E-state index is 14.6. The largest absolute Gasteiger partial charge is 0.444 e. The van der Waals surface area contributed by atoms with Crippen LogP contribution in [0.15, 0.2) is 36.2 Å². The van der Waals surface area contributed by atoms with Crippen LogP contribution in [0.25, 0.3) is 11.7 Å². The third kappa shape index (κ3) is 7.26. The first-order chi connectivity index (χ1) is 21.3. The number of nitrogens with zero attached hydrogens (tertiary/aromatic N) is 5. The van der Waals surface area contributed by atoms with Crippen molar-refractivity contribution < 1.29 is 33.0 Å². The van der Waals surface area contributed by atoms with Gasteiger partial charge in [-0.15, -0.1) is 0 Å². The Labute approximate surface area is 256 Å². The summed E-state index contributed by atoms with van der Waals surface area (Å²) in [5.41, 5.74) is 0.0154. The number of benzene rings is 1. The Hall–Kier alpha value is -5.72. The quantitative estimate of drug-likeness (QED) is 0.156. The second kappa shape index (κ2) is 12.1. The lowest BCUT2D eigenvalue weighted by Crippen LogP contribution is -2.44. The van der Waals surface area contributed by atoms with E-state index < -0.39 is 48.2 Å². The number of ether oxygens (including phenoxy) is 2. The molecule has 2 aromatic heterocycles. The number of amides is 4. The minimum atomic E-state index is -1.11. The maximum atomic E-state index is 14.6. The number of halogens is 1. The highest BCUT2D eigenvalue weighted by Gasteiger charge is 2.35. The molecule has 1 atom stereocenters. The van der Waals surface area contributed by atoms with Gasteiger partial charge in [-0.1, -0.05) is 0 Å². The minimum Gasteiger partial charge on any atom is -0.444 e. The molecular weight excluding hydrogens is 589 g/mol. The molecule has 2 fully saturated rings. The van der Waals surface area contributed by atoms with Gasteiger partial charge in [0.15, 0.2) is 12.4 Å². The van der Waals surface area contributed by atoms with Gasteiger partial charge in [-0.05, 0) is 64.8 Å². The molecule has 4 amide bonds. The summed E-state index contributed by atoms with van der Waals surface area (Å²) in [6.45, 7) is 5.67. The molecule has 0 bridgehead atoms. The van der Waals surface area contributed by atoms with Crippen molar-refractivity contribution in [3.8, 4) is 6.07 Å². The molecule has 1 aliphatic carbocycles. The van der Waals surface area contributed by atoms with Gasteiger partial charge < -0.3 is 30.7 Å². The predicted molar refractivity (Wildman–Crippen MR) is 157 cm³/mol. The smallest absolute Gasteiger partial charge is 0.408 e. The zero-order chi connectivity index (χ0) is 32.5. The lowest BCUT2D eigenvalue weighted by molar-refractivity contribution is -0.150. The van der Waals surface area contributed by atoms with Gasteiger partial charge in [0, 0.05) is 17.7 Å². The van der Waals surface area contributed by atoms with Crippen LogP contribution in [0.4, 0.5) is 31.3 Å². The number of nitriles is 1. The molecular formula is C29H30FN9O6. The van der Waals surface area contributed by atoms with Crippen molar-refractivity contribution in [3.63, 3.8) is 0 Å². The molecule has 5 rings (SSSR count). The van der Waals surface area contributed by atoms with Crippen molar-refractivity contribution in [1.82, 2.24) is 30.1 Å². The summed E-state index contributed by atoms with van der Waals surface area (Å²) >= 11 is 0.